The van der Waals surface area contributed by atoms with Gasteiger partial charge in [0.25, 0.3) is 10.0 Å². The molecule has 0 atom stereocenters. The summed E-state index contributed by atoms with van der Waals surface area (Å²) in [6.07, 6.45) is 1.56. The van der Waals surface area contributed by atoms with Crippen molar-refractivity contribution in [3.05, 3.63) is 16.7 Å². The highest BCUT2D eigenvalue weighted by molar-refractivity contribution is 7.89. The first-order chi connectivity index (χ1) is 9.31. The van der Waals surface area contributed by atoms with Crippen molar-refractivity contribution in [1.82, 2.24) is 19.4 Å². The molecule has 0 spiro atoms. The number of hydrogen-bond acceptors (Lipinski definition) is 5. The minimum atomic E-state index is -3.91. The number of hydrogen-bond donors (Lipinski definition) is 2. The highest BCUT2D eigenvalue weighted by Crippen LogP contribution is 2.24. The first-order valence-corrected chi connectivity index (χ1v) is 8.45. The first-order valence-electron chi connectivity index (χ1n) is 5.71. The van der Waals surface area contributed by atoms with Gasteiger partial charge in [-0.2, -0.15) is 0 Å². The van der Waals surface area contributed by atoms with E-state index in [1.54, 1.807) is 25.4 Å². The Morgan fingerprint density at radius 2 is 2.25 bits per heavy atom. The second-order valence-electron chi connectivity index (χ2n) is 4.31. The standard InChI is InChI=1S/C10H13ClN4O3S2/c1-6(2)13-7(16)5-12-20(17,18)9-8(11)14-10-15(9)3-4-19-10/h3-4,6,12H,5H2,1-2H3,(H,13,16). The Balaban J connectivity index is 2.20. The molecule has 2 N–H and O–H groups in total. The van der Waals surface area contributed by atoms with Gasteiger partial charge in [-0.1, -0.05) is 11.6 Å². The molecular formula is C10H13ClN4O3S2. The molecule has 7 nitrogen and oxygen atoms in total. The molecular weight excluding hydrogens is 324 g/mol. The van der Waals surface area contributed by atoms with Crippen LogP contribution in [0.4, 0.5) is 0 Å². The zero-order valence-electron chi connectivity index (χ0n) is 10.8. The molecule has 10 heteroatoms. The van der Waals surface area contributed by atoms with E-state index >= 15 is 0 Å². The molecule has 0 aliphatic rings. The van der Waals surface area contributed by atoms with Crippen molar-refractivity contribution >= 4 is 43.8 Å². The lowest BCUT2D eigenvalue weighted by Gasteiger charge is -2.09. The third-order valence-electron chi connectivity index (χ3n) is 2.31. The Labute approximate surface area is 125 Å². The average Bonchev–Trinajstić information content (AvgIpc) is 2.84. The normalized spacial score (nSPS) is 12.2. The van der Waals surface area contributed by atoms with Crippen LogP contribution in [-0.4, -0.2) is 36.3 Å². The largest absolute Gasteiger partial charge is 0.353 e. The van der Waals surface area contributed by atoms with Crippen molar-refractivity contribution < 1.29 is 13.2 Å². The Kier molecular flexibility index (Phi) is 4.33. The quantitative estimate of drug-likeness (QED) is 0.846. The molecule has 110 valence electrons. The van der Waals surface area contributed by atoms with Crippen molar-refractivity contribution in [2.45, 2.75) is 24.9 Å². The van der Waals surface area contributed by atoms with E-state index in [9.17, 15) is 13.2 Å². The summed E-state index contributed by atoms with van der Waals surface area (Å²) in [5.74, 6) is -0.411. The second-order valence-corrected chi connectivity index (χ2v) is 7.22. The lowest BCUT2D eigenvalue weighted by Crippen LogP contribution is -2.40. The van der Waals surface area contributed by atoms with Crippen molar-refractivity contribution in [2.75, 3.05) is 6.54 Å². The third kappa shape index (κ3) is 3.11. The summed E-state index contributed by atoms with van der Waals surface area (Å²) in [5.41, 5.74) is 0. The van der Waals surface area contributed by atoms with E-state index in [1.807, 2.05) is 0 Å². The molecule has 0 aliphatic carbocycles. The van der Waals surface area contributed by atoms with Crippen molar-refractivity contribution in [1.29, 1.82) is 0 Å². The number of halogens is 1. The minimum Gasteiger partial charge on any atom is -0.353 e. The zero-order valence-corrected chi connectivity index (χ0v) is 13.1. The number of amides is 1. The number of imidazole rings is 1. The molecule has 0 radical (unpaired) electrons. The van der Waals surface area contributed by atoms with Crippen LogP contribution in [0.15, 0.2) is 16.6 Å². The SMILES string of the molecule is CC(C)NC(=O)CNS(=O)(=O)c1c(Cl)nc2sccn12. The second kappa shape index (κ2) is 5.68. The fourth-order valence-corrected chi connectivity index (χ4v) is 4.01. The number of nitrogens with zero attached hydrogens (tertiary/aromatic N) is 2. The van der Waals surface area contributed by atoms with Crippen LogP contribution in [0, 0.1) is 0 Å². The molecule has 0 bridgehead atoms. The topological polar surface area (TPSA) is 92.6 Å². The van der Waals surface area contributed by atoms with Crippen LogP contribution in [0.2, 0.25) is 5.15 Å². The van der Waals surface area contributed by atoms with Gasteiger partial charge in [0.15, 0.2) is 15.1 Å². The first kappa shape index (κ1) is 15.2. The van der Waals surface area contributed by atoms with Gasteiger partial charge in [-0.05, 0) is 13.8 Å². The fourth-order valence-electron chi connectivity index (χ4n) is 1.58. The Morgan fingerprint density at radius 1 is 1.55 bits per heavy atom. The summed E-state index contributed by atoms with van der Waals surface area (Å²) in [6.45, 7) is 3.22. The van der Waals surface area contributed by atoms with E-state index in [2.05, 4.69) is 15.0 Å². The summed E-state index contributed by atoms with van der Waals surface area (Å²) >= 11 is 7.12. The fraction of sp³-hybridized carbons (Fsp3) is 0.400. The van der Waals surface area contributed by atoms with Crippen LogP contribution in [0.5, 0.6) is 0 Å². The number of thiazole rings is 1. The smallest absolute Gasteiger partial charge is 0.260 e. The molecule has 1 amide bonds. The molecule has 2 rings (SSSR count). The molecule has 0 fully saturated rings. The maximum Gasteiger partial charge on any atom is 0.260 e. The van der Waals surface area contributed by atoms with Crippen LogP contribution in [-0.2, 0) is 14.8 Å². The van der Waals surface area contributed by atoms with E-state index in [0.717, 1.165) is 0 Å². The highest BCUT2D eigenvalue weighted by atomic mass is 35.5. The van der Waals surface area contributed by atoms with Crippen LogP contribution in [0.1, 0.15) is 13.8 Å². The summed E-state index contributed by atoms with van der Waals surface area (Å²) in [4.78, 5) is 15.9. The van der Waals surface area contributed by atoms with Gasteiger partial charge in [-0.25, -0.2) is 18.1 Å². The molecule has 20 heavy (non-hydrogen) atoms. The van der Waals surface area contributed by atoms with Crippen LogP contribution in [0.3, 0.4) is 0 Å². The molecule has 0 saturated carbocycles. The monoisotopic (exact) mass is 336 g/mol. The van der Waals surface area contributed by atoms with E-state index in [0.29, 0.717) is 4.96 Å². The van der Waals surface area contributed by atoms with Crippen LogP contribution >= 0.6 is 22.9 Å². The number of aromatic nitrogens is 2. The summed E-state index contributed by atoms with van der Waals surface area (Å²) in [6, 6.07) is -0.0610. The maximum absolute atomic E-state index is 12.2. The molecule has 0 unspecified atom stereocenters. The lowest BCUT2D eigenvalue weighted by atomic mass is 10.4. The zero-order chi connectivity index (χ0) is 14.9. The van der Waals surface area contributed by atoms with E-state index < -0.39 is 15.9 Å². The maximum atomic E-state index is 12.2. The van der Waals surface area contributed by atoms with E-state index in [4.69, 9.17) is 11.6 Å². The molecule has 0 aliphatic heterocycles. The molecule has 2 aromatic heterocycles. The van der Waals surface area contributed by atoms with E-state index in [1.165, 1.54) is 15.7 Å². The number of sulfonamides is 1. The number of nitrogens with one attached hydrogen (secondary N) is 2. The van der Waals surface area contributed by atoms with Gasteiger partial charge in [0.1, 0.15) is 0 Å². The third-order valence-corrected chi connectivity index (χ3v) is 4.86. The summed E-state index contributed by atoms with van der Waals surface area (Å²) in [7, 11) is -3.91. The van der Waals surface area contributed by atoms with Gasteiger partial charge in [-0.3, -0.25) is 9.20 Å². The van der Waals surface area contributed by atoms with Gasteiger partial charge in [-0.15, -0.1) is 11.3 Å². The number of carbonyl (C=O) groups is 1. The number of carbonyl (C=O) groups excluding carboxylic acids is 1. The molecule has 2 aromatic rings. The summed E-state index contributed by atoms with van der Waals surface area (Å²) < 4.78 is 27.9. The minimum absolute atomic E-state index is 0.0610. The van der Waals surface area contributed by atoms with Gasteiger partial charge in [0.2, 0.25) is 5.91 Å². The van der Waals surface area contributed by atoms with Gasteiger partial charge < -0.3 is 5.32 Å². The molecule has 0 saturated heterocycles. The Bertz CT molecular complexity index is 735. The van der Waals surface area contributed by atoms with E-state index in [-0.39, 0.29) is 22.8 Å². The van der Waals surface area contributed by atoms with Crippen LogP contribution in [0.25, 0.3) is 4.96 Å². The number of rotatable bonds is 5. The van der Waals surface area contributed by atoms with Crippen LogP contribution < -0.4 is 10.0 Å². The predicted octanol–water partition coefficient (Wildman–Crippen LogP) is 0.852. The van der Waals surface area contributed by atoms with Gasteiger partial charge in [0, 0.05) is 17.6 Å². The number of fused-ring (bicyclic) bond motifs is 1. The van der Waals surface area contributed by atoms with Crippen molar-refractivity contribution in [3.63, 3.8) is 0 Å². The van der Waals surface area contributed by atoms with Crippen molar-refractivity contribution in [3.8, 4) is 0 Å². The molecule has 2 heterocycles. The van der Waals surface area contributed by atoms with Gasteiger partial charge >= 0.3 is 0 Å². The average molecular weight is 337 g/mol. The molecule has 0 aromatic carbocycles. The predicted molar refractivity (Wildman–Crippen MR) is 76.5 cm³/mol. The highest BCUT2D eigenvalue weighted by Gasteiger charge is 2.25. The Hall–Kier alpha value is -1.16. The summed E-state index contributed by atoms with van der Waals surface area (Å²) in [5, 5.41) is 4.01. The van der Waals surface area contributed by atoms with Crippen molar-refractivity contribution in [2.24, 2.45) is 0 Å². The van der Waals surface area contributed by atoms with Gasteiger partial charge in [0.05, 0.1) is 6.54 Å². The lowest BCUT2D eigenvalue weighted by molar-refractivity contribution is -0.120. The Morgan fingerprint density at radius 3 is 2.90 bits per heavy atom.